The number of hydrogen-bond donors (Lipinski definition) is 2. The minimum absolute atomic E-state index is 0.416. The van der Waals surface area contributed by atoms with Crippen molar-refractivity contribution in [3.8, 4) is 0 Å². The molecule has 0 fully saturated rings. The Morgan fingerprint density at radius 1 is 1.53 bits per heavy atom. The lowest BCUT2D eigenvalue weighted by atomic mass is 10.4. The molecule has 2 aromatic heterocycles. The monoisotopic (exact) mass is 224 g/mol. The molecule has 2 rings (SSSR count). The van der Waals surface area contributed by atoms with E-state index in [1.807, 2.05) is 18.4 Å². The summed E-state index contributed by atoms with van der Waals surface area (Å²) < 4.78 is 5.26. The number of rotatable bonds is 4. The number of anilines is 1. The highest BCUT2D eigenvalue weighted by Crippen LogP contribution is 2.24. The number of nitrogens with one attached hydrogen (secondary N) is 1. The Bertz CT molecular complexity index is 456. The molecule has 6 heteroatoms. The topological polar surface area (TPSA) is 73.1 Å². The van der Waals surface area contributed by atoms with Crippen LogP contribution in [0.15, 0.2) is 11.4 Å². The van der Waals surface area contributed by atoms with E-state index in [0.29, 0.717) is 24.9 Å². The molecular formula is C9H12N4OS. The molecule has 3 N–H and O–H groups in total. The first kappa shape index (κ1) is 10.3. The smallest absolute Gasteiger partial charge is 0.158 e. The van der Waals surface area contributed by atoms with Crippen molar-refractivity contribution in [3.05, 3.63) is 17.3 Å². The van der Waals surface area contributed by atoms with Crippen LogP contribution < -0.4 is 11.3 Å². The number of hydrogen-bond acceptors (Lipinski definition) is 6. The van der Waals surface area contributed by atoms with E-state index >= 15 is 0 Å². The molecule has 0 aromatic carbocycles. The molecule has 80 valence electrons. The van der Waals surface area contributed by atoms with Gasteiger partial charge in [-0.05, 0) is 18.4 Å². The lowest BCUT2D eigenvalue weighted by Gasteiger charge is -2.04. The van der Waals surface area contributed by atoms with Crippen LogP contribution >= 0.6 is 11.3 Å². The van der Waals surface area contributed by atoms with E-state index in [4.69, 9.17) is 10.6 Å². The van der Waals surface area contributed by atoms with Crippen LogP contribution in [0, 0.1) is 0 Å². The summed E-state index contributed by atoms with van der Waals surface area (Å²) in [5.74, 6) is 6.70. The second-order valence-corrected chi connectivity index (χ2v) is 3.80. The zero-order valence-corrected chi connectivity index (χ0v) is 9.17. The fraction of sp³-hybridized carbons (Fsp3) is 0.333. The second kappa shape index (κ2) is 4.52. The summed E-state index contributed by atoms with van der Waals surface area (Å²) in [5, 5.41) is 2.91. The third-order valence-corrected chi connectivity index (χ3v) is 2.75. The van der Waals surface area contributed by atoms with Crippen molar-refractivity contribution in [3.63, 3.8) is 0 Å². The van der Waals surface area contributed by atoms with E-state index < -0.39 is 0 Å². The lowest BCUT2D eigenvalue weighted by Crippen LogP contribution is -2.11. The van der Waals surface area contributed by atoms with Gasteiger partial charge in [-0.3, -0.25) is 0 Å². The van der Waals surface area contributed by atoms with Gasteiger partial charge in [0, 0.05) is 6.61 Å². The Labute approximate surface area is 91.3 Å². The molecule has 0 aliphatic heterocycles. The Balaban J connectivity index is 2.40. The van der Waals surface area contributed by atoms with Crippen LogP contribution in [0.5, 0.6) is 0 Å². The number of nitrogens with two attached hydrogens (primary N) is 1. The van der Waals surface area contributed by atoms with Gasteiger partial charge >= 0.3 is 0 Å². The molecular weight excluding hydrogens is 212 g/mol. The summed E-state index contributed by atoms with van der Waals surface area (Å²) >= 11 is 1.56. The van der Waals surface area contributed by atoms with E-state index in [2.05, 4.69) is 15.4 Å². The van der Waals surface area contributed by atoms with Gasteiger partial charge in [-0.15, -0.1) is 11.3 Å². The minimum atomic E-state index is 0.416. The van der Waals surface area contributed by atoms with E-state index in [9.17, 15) is 0 Å². The lowest BCUT2D eigenvalue weighted by molar-refractivity contribution is 0.128. The summed E-state index contributed by atoms with van der Waals surface area (Å²) in [4.78, 5) is 9.56. The molecule has 2 heterocycles. The third kappa shape index (κ3) is 2.06. The minimum Gasteiger partial charge on any atom is -0.374 e. The van der Waals surface area contributed by atoms with Crippen molar-refractivity contribution in [2.45, 2.75) is 13.5 Å². The van der Waals surface area contributed by atoms with Gasteiger partial charge in [0.05, 0.1) is 5.39 Å². The Morgan fingerprint density at radius 3 is 3.13 bits per heavy atom. The predicted octanol–water partition coefficient (Wildman–Crippen LogP) is 1.51. The number of fused-ring (bicyclic) bond motifs is 1. The van der Waals surface area contributed by atoms with Crippen LogP contribution in [-0.4, -0.2) is 16.6 Å². The van der Waals surface area contributed by atoms with Gasteiger partial charge in [0.1, 0.15) is 11.4 Å². The molecule has 0 saturated heterocycles. The largest absolute Gasteiger partial charge is 0.374 e. The average Bonchev–Trinajstić information content (AvgIpc) is 2.73. The summed E-state index contributed by atoms with van der Waals surface area (Å²) in [6.45, 7) is 3.00. The molecule has 0 bridgehead atoms. The number of aromatic nitrogens is 2. The third-order valence-electron chi connectivity index (χ3n) is 1.94. The number of hydrazine groups is 1. The predicted molar refractivity (Wildman–Crippen MR) is 60.6 cm³/mol. The molecule has 15 heavy (non-hydrogen) atoms. The number of nitrogens with zero attached hydrogens (tertiary/aromatic N) is 2. The van der Waals surface area contributed by atoms with Crippen molar-refractivity contribution >= 4 is 27.4 Å². The van der Waals surface area contributed by atoms with Crippen LogP contribution in [0.1, 0.15) is 12.7 Å². The fourth-order valence-electron chi connectivity index (χ4n) is 1.27. The highest BCUT2D eigenvalue weighted by molar-refractivity contribution is 7.16. The van der Waals surface area contributed by atoms with Gasteiger partial charge < -0.3 is 10.2 Å². The maximum atomic E-state index is 5.40. The van der Waals surface area contributed by atoms with E-state index in [0.717, 1.165) is 10.2 Å². The van der Waals surface area contributed by atoms with Gasteiger partial charge in [-0.2, -0.15) is 0 Å². The fourth-order valence-corrected chi connectivity index (χ4v) is 2.05. The highest BCUT2D eigenvalue weighted by atomic mass is 32.1. The molecule has 2 aromatic rings. The Kier molecular flexibility index (Phi) is 3.10. The van der Waals surface area contributed by atoms with Gasteiger partial charge in [-0.1, -0.05) is 0 Å². The molecule has 0 aliphatic rings. The SMILES string of the molecule is CCOCc1nc(NN)c2ccsc2n1. The maximum absolute atomic E-state index is 5.40. The maximum Gasteiger partial charge on any atom is 0.158 e. The van der Waals surface area contributed by atoms with Gasteiger partial charge in [0.2, 0.25) is 0 Å². The number of nitrogen functional groups attached to an aromatic ring is 1. The zero-order chi connectivity index (χ0) is 10.7. The highest BCUT2D eigenvalue weighted by Gasteiger charge is 2.07. The second-order valence-electron chi connectivity index (χ2n) is 2.91. The van der Waals surface area contributed by atoms with Gasteiger partial charge in [-0.25, -0.2) is 15.8 Å². The molecule has 0 saturated carbocycles. The summed E-state index contributed by atoms with van der Waals surface area (Å²) in [6.07, 6.45) is 0. The number of thiophene rings is 1. The van der Waals surface area contributed by atoms with Crippen molar-refractivity contribution in [2.75, 3.05) is 12.0 Å². The molecule has 0 radical (unpaired) electrons. The van der Waals surface area contributed by atoms with Crippen LogP contribution in [0.3, 0.4) is 0 Å². The summed E-state index contributed by atoms with van der Waals surface area (Å²) in [7, 11) is 0. The first-order valence-electron chi connectivity index (χ1n) is 4.63. The first-order valence-corrected chi connectivity index (χ1v) is 5.51. The summed E-state index contributed by atoms with van der Waals surface area (Å²) in [5.41, 5.74) is 2.57. The van der Waals surface area contributed by atoms with Gasteiger partial charge in [0.25, 0.3) is 0 Å². The Hall–Kier alpha value is -1.24. The standard InChI is InChI=1S/C9H12N4OS/c1-2-14-5-7-11-8(13-10)6-3-4-15-9(6)12-7/h3-4H,2,5,10H2,1H3,(H,11,12,13). The van der Waals surface area contributed by atoms with Crippen molar-refractivity contribution in [1.82, 2.24) is 9.97 Å². The van der Waals surface area contributed by atoms with Crippen molar-refractivity contribution in [1.29, 1.82) is 0 Å². The van der Waals surface area contributed by atoms with Crippen LogP contribution in [0.2, 0.25) is 0 Å². The normalized spacial score (nSPS) is 10.8. The van der Waals surface area contributed by atoms with Crippen LogP contribution in [0.25, 0.3) is 10.2 Å². The first-order chi connectivity index (χ1) is 7.35. The molecule has 0 spiro atoms. The van der Waals surface area contributed by atoms with E-state index in [1.165, 1.54) is 0 Å². The Morgan fingerprint density at radius 2 is 2.40 bits per heavy atom. The zero-order valence-electron chi connectivity index (χ0n) is 8.36. The molecule has 0 amide bonds. The van der Waals surface area contributed by atoms with E-state index in [-0.39, 0.29) is 0 Å². The van der Waals surface area contributed by atoms with Crippen LogP contribution in [-0.2, 0) is 11.3 Å². The van der Waals surface area contributed by atoms with E-state index in [1.54, 1.807) is 11.3 Å². The van der Waals surface area contributed by atoms with Crippen LogP contribution in [0.4, 0.5) is 5.82 Å². The summed E-state index contributed by atoms with van der Waals surface area (Å²) in [6, 6.07) is 1.94. The van der Waals surface area contributed by atoms with Crippen molar-refractivity contribution in [2.24, 2.45) is 5.84 Å². The molecule has 5 nitrogen and oxygen atoms in total. The quantitative estimate of drug-likeness (QED) is 0.608. The van der Waals surface area contributed by atoms with Gasteiger partial charge in [0.15, 0.2) is 11.6 Å². The average molecular weight is 224 g/mol. The van der Waals surface area contributed by atoms with Crippen molar-refractivity contribution < 1.29 is 4.74 Å². The molecule has 0 atom stereocenters. The number of ether oxygens (including phenoxy) is 1. The molecule has 0 unspecified atom stereocenters. The molecule has 0 aliphatic carbocycles.